The lowest BCUT2D eigenvalue weighted by atomic mass is 9.89. The van der Waals surface area contributed by atoms with Gasteiger partial charge in [-0.15, -0.1) is 0 Å². The van der Waals surface area contributed by atoms with E-state index >= 15 is 0 Å². The minimum atomic E-state index is -0.972. The molecule has 0 radical (unpaired) electrons. The number of nitriles is 1. The quantitative estimate of drug-likeness (QED) is 0.333. The van der Waals surface area contributed by atoms with Crippen LogP contribution in [0.15, 0.2) is 42.9 Å². The van der Waals surface area contributed by atoms with E-state index in [1.165, 1.54) is 0 Å². The molecular weight excluding hydrogens is 508 g/mol. The molecule has 0 bridgehead atoms. The number of aromatic nitrogens is 4. The minimum absolute atomic E-state index is 0.0489. The van der Waals surface area contributed by atoms with E-state index in [4.69, 9.17) is 9.72 Å². The van der Waals surface area contributed by atoms with Crippen LogP contribution in [-0.4, -0.2) is 63.7 Å². The van der Waals surface area contributed by atoms with Gasteiger partial charge in [-0.2, -0.15) is 10.4 Å². The van der Waals surface area contributed by atoms with E-state index in [0.29, 0.717) is 55.0 Å². The number of anilines is 2. The SMILES string of the molecule is COC1(C(=O)N[C@@H](C)c2ccc(-n3cccn3)nc2)CCN(c2nc(NC3CC(C)NN3)cc(C)c2C#N)CC1. The highest BCUT2D eigenvalue weighted by atomic mass is 16.5. The molecule has 210 valence electrons. The molecular formula is C28H36N10O2. The van der Waals surface area contributed by atoms with Crippen LogP contribution >= 0.6 is 0 Å². The van der Waals surface area contributed by atoms with E-state index < -0.39 is 5.60 Å². The zero-order valence-corrected chi connectivity index (χ0v) is 23.3. The molecule has 12 heteroatoms. The van der Waals surface area contributed by atoms with Crippen LogP contribution < -0.4 is 26.4 Å². The Balaban J connectivity index is 1.25. The predicted octanol–water partition coefficient (Wildman–Crippen LogP) is 2.33. The second-order valence-electron chi connectivity index (χ2n) is 10.5. The molecule has 3 atom stereocenters. The van der Waals surface area contributed by atoms with E-state index in [0.717, 1.165) is 17.5 Å². The number of rotatable bonds is 8. The van der Waals surface area contributed by atoms with Crippen molar-refractivity contribution in [3.8, 4) is 11.9 Å². The molecule has 3 aromatic heterocycles. The summed E-state index contributed by atoms with van der Waals surface area (Å²) in [6, 6.07) is 9.98. The standard InChI is InChI=1S/C28H36N10O2/c1-18-14-23(33-24-15-19(2)35-36-24)34-26(22(18)16-29)37-12-8-28(40-4,9-13-37)27(39)32-20(3)21-6-7-25(30-17-21)38-11-5-10-31-38/h5-7,10-11,14,17,19-20,24,35-36H,8-9,12-13,15H2,1-4H3,(H,32,39)(H,33,34)/t19?,20-,24?/m0/s1. The Morgan fingerprint density at radius 2 is 2.10 bits per heavy atom. The molecule has 0 aliphatic carbocycles. The smallest absolute Gasteiger partial charge is 0.252 e. The van der Waals surface area contributed by atoms with Gasteiger partial charge in [0.15, 0.2) is 5.82 Å². The maximum Gasteiger partial charge on any atom is 0.252 e. The van der Waals surface area contributed by atoms with Crippen molar-refractivity contribution in [1.82, 2.24) is 35.9 Å². The molecule has 5 rings (SSSR count). The maximum atomic E-state index is 13.5. The zero-order valence-electron chi connectivity index (χ0n) is 23.3. The van der Waals surface area contributed by atoms with Gasteiger partial charge in [0.25, 0.3) is 5.91 Å². The van der Waals surface area contributed by atoms with E-state index in [1.54, 1.807) is 24.2 Å². The van der Waals surface area contributed by atoms with Crippen molar-refractivity contribution in [3.63, 3.8) is 0 Å². The number of carbonyl (C=O) groups is 1. The van der Waals surface area contributed by atoms with Crippen molar-refractivity contribution >= 4 is 17.5 Å². The van der Waals surface area contributed by atoms with Crippen LogP contribution in [0.5, 0.6) is 0 Å². The molecule has 0 aromatic carbocycles. The first-order chi connectivity index (χ1) is 19.3. The van der Waals surface area contributed by atoms with Crippen LogP contribution in [0.3, 0.4) is 0 Å². The number of piperidine rings is 1. The van der Waals surface area contributed by atoms with Crippen LogP contribution in [0.4, 0.5) is 11.6 Å². The highest BCUT2D eigenvalue weighted by molar-refractivity contribution is 5.86. The van der Waals surface area contributed by atoms with Crippen LogP contribution in [0, 0.1) is 18.3 Å². The van der Waals surface area contributed by atoms with Gasteiger partial charge in [-0.1, -0.05) is 6.07 Å². The molecule has 2 aliphatic heterocycles. The largest absolute Gasteiger partial charge is 0.368 e. The number of hydrogen-bond acceptors (Lipinski definition) is 10. The maximum absolute atomic E-state index is 13.5. The summed E-state index contributed by atoms with van der Waals surface area (Å²) in [6.45, 7) is 7.02. The fraction of sp³-hybridized carbons (Fsp3) is 0.464. The summed E-state index contributed by atoms with van der Waals surface area (Å²) in [4.78, 5) is 24.9. The average Bonchev–Trinajstić information content (AvgIpc) is 3.65. The van der Waals surface area contributed by atoms with Gasteiger partial charge in [-0.05, 0) is 56.5 Å². The number of nitrogens with one attached hydrogen (secondary N) is 4. The summed E-state index contributed by atoms with van der Waals surface area (Å²) in [5, 5.41) is 20.6. The third kappa shape index (κ3) is 5.62. The Morgan fingerprint density at radius 3 is 2.70 bits per heavy atom. The molecule has 2 saturated heterocycles. The van der Waals surface area contributed by atoms with Crippen LogP contribution in [0.1, 0.15) is 55.8 Å². The van der Waals surface area contributed by atoms with Gasteiger partial charge in [0.05, 0.1) is 17.8 Å². The first kappa shape index (κ1) is 27.5. The van der Waals surface area contributed by atoms with Gasteiger partial charge in [0.1, 0.15) is 23.3 Å². The lowest BCUT2D eigenvalue weighted by molar-refractivity contribution is -0.146. The van der Waals surface area contributed by atoms with E-state index in [9.17, 15) is 10.1 Å². The van der Waals surface area contributed by atoms with E-state index in [2.05, 4.69) is 49.5 Å². The number of hydrogen-bond donors (Lipinski definition) is 4. The molecule has 4 N–H and O–H groups in total. The van der Waals surface area contributed by atoms with Gasteiger partial charge >= 0.3 is 0 Å². The number of hydrazine groups is 1. The fourth-order valence-corrected chi connectivity index (χ4v) is 5.29. The first-order valence-electron chi connectivity index (χ1n) is 13.6. The van der Waals surface area contributed by atoms with Crippen LogP contribution in [-0.2, 0) is 9.53 Å². The number of pyridine rings is 2. The molecule has 2 unspecified atom stereocenters. The summed E-state index contributed by atoms with van der Waals surface area (Å²) >= 11 is 0. The van der Waals surface area contributed by atoms with Crippen molar-refractivity contribution in [1.29, 1.82) is 5.26 Å². The summed E-state index contributed by atoms with van der Waals surface area (Å²) in [5.74, 6) is 1.89. The topological polar surface area (TPSA) is 145 Å². The number of methoxy groups -OCH3 is 1. The molecule has 3 aromatic rings. The van der Waals surface area contributed by atoms with Crippen molar-refractivity contribution < 1.29 is 9.53 Å². The summed E-state index contributed by atoms with van der Waals surface area (Å²) in [6.07, 6.45) is 7.17. The number of aryl methyl sites for hydroxylation is 1. The minimum Gasteiger partial charge on any atom is -0.368 e. The number of nitrogens with zero attached hydrogens (tertiary/aromatic N) is 6. The van der Waals surface area contributed by atoms with Gasteiger partial charge in [-0.3, -0.25) is 10.2 Å². The molecule has 40 heavy (non-hydrogen) atoms. The molecule has 0 spiro atoms. The van der Waals surface area contributed by atoms with Crippen molar-refractivity contribution in [2.75, 3.05) is 30.4 Å². The zero-order chi connectivity index (χ0) is 28.3. The van der Waals surface area contributed by atoms with Crippen LogP contribution in [0.25, 0.3) is 5.82 Å². The third-order valence-electron chi connectivity index (χ3n) is 7.76. The van der Waals surface area contributed by atoms with Crippen LogP contribution in [0.2, 0.25) is 0 Å². The Bertz CT molecular complexity index is 1360. The normalized spacial score (nSPS) is 21.0. The van der Waals surface area contributed by atoms with Crippen molar-refractivity contribution in [2.24, 2.45) is 0 Å². The Morgan fingerprint density at radius 1 is 1.30 bits per heavy atom. The lowest BCUT2D eigenvalue weighted by Crippen LogP contribution is -2.55. The van der Waals surface area contributed by atoms with E-state index in [-0.39, 0.29) is 18.1 Å². The average molecular weight is 545 g/mol. The Labute approximate surface area is 234 Å². The number of ether oxygens (including phenoxy) is 1. The molecule has 2 fully saturated rings. The highest BCUT2D eigenvalue weighted by Crippen LogP contribution is 2.32. The molecule has 0 saturated carbocycles. The van der Waals surface area contributed by atoms with E-state index in [1.807, 2.05) is 44.3 Å². The van der Waals surface area contributed by atoms with Gasteiger partial charge < -0.3 is 20.3 Å². The van der Waals surface area contributed by atoms with Crippen molar-refractivity contribution in [2.45, 2.75) is 63.9 Å². The molecule has 12 nitrogen and oxygen atoms in total. The molecule has 5 heterocycles. The monoisotopic (exact) mass is 544 g/mol. The summed E-state index contributed by atoms with van der Waals surface area (Å²) in [5.41, 5.74) is 7.74. The molecule has 1 amide bonds. The molecule has 2 aliphatic rings. The second-order valence-corrected chi connectivity index (χ2v) is 10.5. The summed E-state index contributed by atoms with van der Waals surface area (Å²) in [7, 11) is 1.58. The van der Waals surface area contributed by atoms with Gasteiger partial charge in [0.2, 0.25) is 0 Å². The van der Waals surface area contributed by atoms with Gasteiger partial charge in [0, 0.05) is 57.7 Å². The second kappa shape index (κ2) is 11.6. The Hall–Kier alpha value is -4.05. The number of carbonyl (C=O) groups excluding carboxylic acids is 1. The fourth-order valence-electron chi connectivity index (χ4n) is 5.29. The lowest BCUT2D eigenvalue weighted by Gasteiger charge is -2.41. The summed E-state index contributed by atoms with van der Waals surface area (Å²) < 4.78 is 7.54. The predicted molar refractivity (Wildman–Crippen MR) is 151 cm³/mol. The first-order valence-corrected chi connectivity index (χ1v) is 13.6. The number of amides is 1. The van der Waals surface area contributed by atoms with Gasteiger partial charge in [-0.25, -0.2) is 20.1 Å². The van der Waals surface area contributed by atoms with Crippen molar-refractivity contribution in [3.05, 3.63) is 59.5 Å². The highest BCUT2D eigenvalue weighted by Gasteiger charge is 2.43. The Kier molecular flexibility index (Phi) is 7.97. The third-order valence-corrected chi connectivity index (χ3v) is 7.76.